The molecule has 4 aromatic rings. The molecule has 0 saturated heterocycles. The molecule has 0 bridgehead atoms. The fraction of sp³-hybridized carbons (Fsp3) is 0.378. The molecule has 46 heavy (non-hydrogen) atoms. The summed E-state index contributed by atoms with van der Waals surface area (Å²) in [4.78, 5) is 28.6. The van der Waals surface area contributed by atoms with Crippen LogP contribution in [0.2, 0.25) is 0 Å². The van der Waals surface area contributed by atoms with E-state index in [-0.39, 0.29) is 29.7 Å². The van der Waals surface area contributed by atoms with Crippen molar-refractivity contribution in [3.05, 3.63) is 93.6 Å². The number of para-hydroxylation sites is 1. The Balaban J connectivity index is 0.00000576. The van der Waals surface area contributed by atoms with Crippen LogP contribution in [0.4, 0.5) is 0 Å². The monoisotopic (exact) mass is 645 g/mol. The maximum atomic E-state index is 13.2. The normalized spacial score (nSPS) is 12.3. The van der Waals surface area contributed by atoms with E-state index in [9.17, 15) is 14.9 Å². The van der Waals surface area contributed by atoms with Gasteiger partial charge in [-0.05, 0) is 82.1 Å². The molecule has 0 aliphatic heterocycles. The molecule has 1 atom stereocenters. The lowest BCUT2D eigenvalue weighted by molar-refractivity contribution is 0.0952. The number of hydrogen-bond donors (Lipinski definition) is 1. The lowest BCUT2D eigenvalue weighted by Gasteiger charge is -2.32. The number of methoxy groups -OCH3 is 2. The van der Waals surface area contributed by atoms with Gasteiger partial charge in [-0.2, -0.15) is 5.26 Å². The highest BCUT2D eigenvalue weighted by Crippen LogP contribution is 2.40. The van der Waals surface area contributed by atoms with Crippen molar-refractivity contribution in [2.75, 3.05) is 40.9 Å². The Morgan fingerprint density at radius 1 is 1.00 bits per heavy atom. The van der Waals surface area contributed by atoms with Crippen LogP contribution in [0.25, 0.3) is 22.3 Å². The average molecular weight is 646 g/mol. The Bertz CT molecular complexity index is 1730. The van der Waals surface area contributed by atoms with Gasteiger partial charge in [0.2, 0.25) is 0 Å². The number of carbonyl (C=O) groups excluding carboxylic acids is 1. The molecule has 1 N–H and O–H groups in total. The van der Waals surface area contributed by atoms with Crippen LogP contribution < -0.4 is 20.2 Å². The largest absolute Gasteiger partial charge is 0.493 e. The highest BCUT2D eigenvalue weighted by atomic mass is 35.5. The van der Waals surface area contributed by atoms with Gasteiger partial charge in [-0.25, -0.2) is 0 Å². The maximum Gasteiger partial charge on any atom is 0.255 e. The summed E-state index contributed by atoms with van der Waals surface area (Å²) in [6, 6.07) is 22.9. The molecule has 1 amide bonds. The predicted molar refractivity (Wildman–Crippen MR) is 185 cm³/mol. The summed E-state index contributed by atoms with van der Waals surface area (Å²) in [5.41, 5.74) is 2.07. The molecule has 9 heteroatoms. The molecule has 0 aliphatic carbocycles. The third kappa shape index (κ3) is 7.72. The fourth-order valence-electron chi connectivity index (χ4n) is 5.87. The molecule has 3 aromatic carbocycles. The van der Waals surface area contributed by atoms with E-state index in [0.29, 0.717) is 52.3 Å². The lowest BCUT2D eigenvalue weighted by atomic mass is 9.69. The Morgan fingerprint density at radius 2 is 1.70 bits per heavy atom. The van der Waals surface area contributed by atoms with E-state index in [2.05, 4.69) is 37.2 Å². The highest BCUT2D eigenvalue weighted by Gasteiger charge is 2.36. The molecule has 244 valence electrons. The van der Waals surface area contributed by atoms with Crippen molar-refractivity contribution in [1.29, 1.82) is 5.26 Å². The number of fused-ring (bicyclic) bond motifs is 1. The van der Waals surface area contributed by atoms with E-state index in [1.807, 2.05) is 48.5 Å². The summed E-state index contributed by atoms with van der Waals surface area (Å²) < 4.78 is 17.1. The zero-order valence-corrected chi connectivity index (χ0v) is 28.3. The van der Waals surface area contributed by atoms with Gasteiger partial charge in [-0.3, -0.25) is 9.59 Å². The SMILES string of the molecule is COc1ccc(C(C#N)(CCCN(C)CCCNC(=O)c2cccc3c(=O)c(C)c(-c4ccccc4)oc23)C(C)C)cc1OC.Cl. The van der Waals surface area contributed by atoms with E-state index in [4.69, 9.17) is 13.9 Å². The van der Waals surface area contributed by atoms with E-state index in [0.717, 1.165) is 37.1 Å². The minimum Gasteiger partial charge on any atom is -0.493 e. The van der Waals surface area contributed by atoms with Gasteiger partial charge in [0.05, 0.1) is 36.7 Å². The van der Waals surface area contributed by atoms with Crippen molar-refractivity contribution in [1.82, 2.24) is 10.2 Å². The number of halogens is 1. The molecule has 1 aromatic heterocycles. The van der Waals surface area contributed by atoms with Gasteiger partial charge in [0.1, 0.15) is 5.76 Å². The summed E-state index contributed by atoms with van der Waals surface area (Å²) in [5.74, 6) is 1.55. The molecular weight excluding hydrogens is 602 g/mol. The summed E-state index contributed by atoms with van der Waals surface area (Å²) >= 11 is 0. The number of rotatable bonds is 14. The van der Waals surface area contributed by atoms with Crippen LogP contribution in [0.3, 0.4) is 0 Å². The van der Waals surface area contributed by atoms with E-state index >= 15 is 0 Å². The van der Waals surface area contributed by atoms with Crippen molar-refractivity contribution < 1.29 is 18.7 Å². The maximum absolute atomic E-state index is 13.2. The van der Waals surface area contributed by atoms with Crippen molar-refractivity contribution >= 4 is 29.3 Å². The van der Waals surface area contributed by atoms with Gasteiger partial charge in [-0.1, -0.05) is 56.3 Å². The molecule has 1 heterocycles. The number of nitrogens with zero attached hydrogens (tertiary/aromatic N) is 2. The number of hydrogen-bond acceptors (Lipinski definition) is 7. The Labute approximate surface area is 277 Å². The Morgan fingerprint density at radius 3 is 2.35 bits per heavy atom. The van der Waals surface area contributed by atoms with Gasteiger partial charge in [0.15, 0.2) is 22.5 Å². The molecular formula is C37H44ClN3O5. The molecule has 0 saturated carbocycles. The zero-order valence-electron chi connectivity index (χ0n) is 27.5. The molecule has 0 spiro atoms. The Hall–Kier alpha value is -4.32. The molecule has 8 nitrogen and oxygen atoms in total. The predicted octanol–water partition coefficient (Wildman–Crippen LogP) is 7.16. The minimum absolute atomic E-state index is 0. The molecule has 1 unspecified atom stereocenters. The Kier molecular flexibility index (Phi) is 12.8. The van der Waals surface area contributed by atoms with Gasteiger partial charge in [0.25, 0.3) is 5.91 Å². The van der Waals surface area contributed by atoms with Crippen LogP contribution in [0.1, 0.15) is 54.6 Å². The van der Waals surface area contributed by atoms with Crippen LogP contribution >= 0.6 is 12.4 Å². The fourth-order valence-corrected chi connectivity index (χ4v) is 5.87. The number of carbonyl (C=O) groups is 1. The van der Waals surface area contributed by atoms with Crippen LogP contribution in [-0.2, 0) is 5.41 Å². The summed E-state index contributed by atoms with van der Waals surface area (Å²) in [6.07, 6.45) is 2.28. The zero-order chi connectivity index (χ0) is 32.6. The summed E-state index contributed by atoms with van der Waals surface area (Å²) in [7, 11) is 5.25. The second kappa shape index (κ2) is 16.3. The smallest absolute Gasteiger partial charge is 0.255 e. The lowest BCUT2D eigenvalue weighted by Crippen LogP contribution is -2.33. The number of nitrogens with one attached hydrogen (secondary N) is 1. The standard InChI is InChI=1S/C37H43N3O5.ClH/c1-25(2)37(24-38,28-17-18-31(43-5)32(23-28)44-6)19-11-21-40(4)22-12-20-39-36(42)30-16-10-15-29-33(41)26(3)34(45-35(29)30)27-13-8-7-9-14-27;/h7-10,13-18,23,25H,11-12,19-22H2,1-6H3,(H,39,42);1H. The van der Waals surface area contributed by atoms with Gasteiger partial charge in [0, 0.05) is 17.7 Å². The second-order valence-corrected chi connectivity index (χ2v) is 11.8. The third-order valence-electron chi connectivity index (χ3n) is 8.62. The van der Waals surface area contributed by atoms with Crippen LogP contribution in [0.5, 0.6) is 11.5 Å². The van der Waals surface area contributed by atoms with Crippen LogP contribution in [0.15, 0.2) is 75.9 Å². The first kappa shape index (κ1) is 36.2. The molecule has 0 aliphatic rings. The van der Waals surface area contributed by atoms with E-state index < -0.39 is 5.41 Å². The van der Waals surface area contributed by atoms with Crippen molar-refractivity contribution in [2.45, 2.75) is 45.4 Å². The number of ether oxygens (including phenoxy) is 2. The quantitative estimate of drug-likeness (QED) is 0.145. The van der Waals surface area contributed by atoms with Crippen molar-refractivity contribution in [3.63, 3.8) is 0 Å². The molecule has 0 radical (unpaired) electrons. The summed E-state index contributed by atoms with van der Waals surface area (Å²) in [5, 5.41) is 13.7. The van der Waals surface area contributed by atoms with E-state index in [1.165, 1.54) is 0 Å². The van der Waals surface area contributed by atoms with Crippen LogP contribution in [0, 0.1) is 24.2 Å². The first-order chi connectivity index (χ1) is 21.7. The number of nitriles is 1. The molecule has 4 rings (SSSR count). The minimum atomic E-state index is -0.652. The van der Waals surface area contributed by atoms with Crippen LogP contribution in [-0.4, -0.2) is 51.7 Å². The van der Waals surface area contributed by atoms with E-state index in [1.54, 1.807) is 39.3 Å². The van der Waals surface area contributed by atoms with Gasteiger partial charge in [-0.15, -0.1) is 12.4 Å². The first-order valence-electron chi connectivity index (χ1n) is 15.4. The average Bonchev–Trinajstić information content (AvgIpc) is 3.06. The van der Waals surface area contributed by atoms with Crippen molar-refractivity contribution in [2.24, 2.45) is 5.92 Å². The topological polar surface area (TPSA) is 105 Å². The first-order valence-corrected chi connectivity index (χ1v) is 15.4. The summed E-state index contributed by atoms with van der Waals surface area (Å²) in [6.45, 7) is 7.97. The molecule has 0 fully saturated rings. The highest BCUT2D eigenvalue weighted by molar-refractivity contribution is 6.05. The second-order valence-electron chi connectivity index (χ2n) is 11.8. The van der Waals surface area contributed by atoms with Gasteiger partial charge < -0.3 is 24.1 Å². The third-order valence-corrected chi connectivity index (χ3v) is 8.62. The van der Waals surface area contributed by atoms with Crippen molar-refractivity contribution in [3.8, 4) is 28.9 Å². The number of benzene rings is 3. The van der Waals surface area contributed by atoms with Gasteiger partial charge >= 0.3 is 0 Å². The number of amides is 1.